The van der Waals surface area contributed by atoms with E-state index in [2.05, 4.69) is 0 Å². The summed E-state index contributed by atoms with van der Waals surface area (Å²) in [5.41, 5.74) is 1.07. The molecule has 1 amide bonds. The van der Waals surface area contributed by atoms with Crippen molar-refractivity contribution in [2.75, 3.05) is 13.7 Å². The maximum atomic E-state index is 12.0. The average Bonchev–Trinajstić information content (AvgIpc) is 2.49. The summed E-state index contributed by atoms with van der Waals surface area (Å²) in [5.74, 6) is 0.413. The van der Waals surface area contributed by atoms with Crippen LogP contribution in [0.3, 0.4) is 0 Å². The number of halogens is 2. The van der Waals surface area contributed by atoms with E-state index in [4.69, 9.17) is 27.9 Å². The van der Waals surface area contributed by atoms with Crippen LogP contribution in [-0.4, -0.2) is 24.5 Å². The second-order valence-electron chi connectivity index (χ2n) is 4.60. The summed E-state index contributed by atoms with van der Waals surface area (Å²) >= 11 is 11.7. The highest BCUT2D eigenvalue weighted by atomic mass is 35.5. The lowest BCUT2D eigenvalue weighted by molar-refractivity contribution is -0.132. The molecule has 0 unspecified atom stereocenters. The molecule has 0 aliphatic carbocycles. The number of hydrogen-bond donors (Lipinski definition) is 0. The highest BCUT2D eigenvalue weighted by molar-refractivity contribution is 6.42. The number of carbonyl (C=O) groups is 1. The summed E-state index contributed by atoms with van der Waals surface area (Å²) in [6, 6.07) is 14.7. The third kappa shape index (κ3) is 4.66. The molecule has 2 aromatic rings. The van der Waals surface area contributed by atoms with Crippen LogP contribution in [0.25, 0.3) is 0 Å². The van der Waals surface area contributed by atoms with Gasteiger partial charge in [0.25, 0.3) is 5.91 Å². The normalized spacial score (nSPS) is 10.2. The molecule has 0 saturated heterocycles. The first-order valence-electron chi connectivity index (χ1n) is 6.42. The zero-order valence-electron chi connectivity index (χ0n) is 11.6. The van der Waals surface area contributed by atoms with Crippen molar-refractivity contribution in [3.63, 3.8) is 0 Å². The quantitative estimate of drug-likeness (QED) is 0.831. The number of likely N-dealkylation sites (N-methyl/N-ethyl adjacent to an activating group) is 1. The van der Waals surface area contributed by atoms with Gasteiger partial charge < -0.3 is 9.64 Å². The number of ether oxygens (including phenoxy) is 1. The van der Waals surface area contributed by atoms with E-state index < -0.39 is 0 Å². The second kappa shape index (κ2) is 7.34. The van der Waals surface area contributed by atoms with E-state index in [-0.39, 0.29) is 12.5 Å². The molecule has 0 aromatic heterocycles. The highest BCUT2D eigenvalue weighted by Crippen LogP contribution is 2.26. The van der Waals surface area contributed by atoms with Crippen molar-refractivity contribution in [1.82, 2.24) is 4.90 Å². The van der Waals surface area contributed by atoms with Gasteiger partial charge in [-0.3, -0.25) is 4.79 Å². The molecule has 0 radical (unpaired) electrons. The molecule has 3 nitrogen and oxygen atoms in total. The standard InChI is InChI=1S/C16H15Cl2NO2/c1-19(10-12-5-3-2-4-6-12)16(20)11-21-13-7-8-14(17)15(18)9-13/h2-9H,10-11H2,1H3. The first-order chi connectivity index (χ1) is 10.1. The van der Waals surface area contributed by atoms with Gasteiger partial charge in [-0.1, -0.05) is 53.5 Å². The van der Waals surface area contributed by atoms with Crippen molar-refractivity contribution >= 4 is 29.1 Å². The van der Waals surface area contributed by atoms with Crippen LogP contribution in [0.1, 0.15) is 5.56 Å². The van der Waals surface area contributed by atoms with Crippen molar-refractivity contribution in [2.24, 2.45) is 0 Å². The molecule has 0 aliphatic rings. The first kappa shape index (κ1) is 15.7. The van der Waals surface area contributed by atoms with Gasteiger partial charge in [-0.05, 0) is 17.7 Å². The Hall–Kier alpha value is -1.71. The Kier molecular flexibility index (Phi) is 5.48. The summed E-state index contributed by atoms with van der Waals surface area (Å²) in [6.07, 6.45) is 0. The summed E-state index contributed by atoms with van der Waals surface area (Å²) < 4.78 is 5.43. The zero-order valence-corrected chi connectivity index (χ0v) is 13.1. The summed E-state index contributed by atoms with van der Waals surface area (Å²) in [4.78, 5) is 13.6. The average molecular weight is 324 g/mol. The fraction of sp³-hybridized carbons (Fsp3) is 0.188. The van der Waals surface area contributed by atoms with Gasteiger partial charge in [-0.2, -0.15) is 0 Å². The van der Waals surface area contributed by atoms with E-state index in [1.54, 1.807) is 30.1 Å². The SMILES string of the molecule is CN(Cc1ccccc1)C(=O)COc1ccc(Cl)c(Cl)c1. The van der Waals surface area contributed by atoms with E-state index in [0.29, 0.717) is 22.3 Å². The Morgan fingerprint density at radius 3 is 2.48 bits per heavy atom. The monoisotopic (exact) mass is 323 g/mol. The zero-order chi connectivity index (χ0) is 15.2. The molecule has 21 heavy (non-hydrogen) atoms. The Labute approximate surface area is 134 Å². The number of hydrogen-bond acceptors (Lipinski definition) is 2. The van der Waals surface area contributed by atoms with Gasteiger partial charge >= 0.3 is 0 Å². The largest absolute Gasteiger partial charge is 0.484 e. The number of carbonyl (C=O) groups excluding carboxylic acids is 1. The van der Waals surface area contributed by atoms with Gasteiger partial charge in [0, 0.05) is 19.7 Å². The van der Waals surface area contributed by atoms with Crippen LogP contribution in [-0.2, 0) is 11.3 Å². The molecule has 2 aromatic carbocycles. The van der Waals surface area contributed by atoms with Gasteiger partial charge in [-0.15, -0.1) is 0 Å². The van der Waals surface area contributed by atoms with Crippen LogP contribution in [0.4, 0.5) is 0 Å². The van der Waals surface area contributed by atoms with Gasteiger partial charge in [0.05, 0.1) is 10.0 Å². The highest BCUT2D eigenvalue weighted by Gasteiger charge is 2.10. The molecule has 0 fully saturated rings. The van der Waals surface area contributed by atoms with Crippen molar-refractivity contribution in [1.29, 1.82) is 0 Å². The van der Waals surface area contributed by atoms with Gasteiger partial charge in [-0.25, -0.2) is 0 Å². The molecule has 5 heteroatoms. The van der Waals surface area contributed by atoms with E-state index >= 15 is 0 Å². The molecule has 0 N–H and O–H groups in total. The van der Waals surface area contributed by atoms with Crippen molar-refractivity contribution in [3.05, 3.63) is 64.1 Å². The molecular weight excluding hydrogens is 309 g/mol. The number of benzene rings is 2. The number of nitrogens with zero attached hydrogens (tertiary/aromatic N) is 1. The van der Waals surface area contributed by atoms with E-state index in [0.717, 1.165) is 5.56 Å². The van der Waals surface area contributed by atoms with Gasteiger partial charge in [0.2, 0.25) is 0 Å². The molecule has 0 atom stereocenters. The lowest BCUT2D eigenvalue weighted by Crippen LogP contribution is -2.30. The van der Waals surface area contributed by atoms with Gasteiger partial charge in [0.15, 0.2) is 6.61 Å². The van der Waals surface area contributed by atoms with Crippen LogP contribution in [0.5, 0.6) is 5.75 Å². The van der Waals surface area contributed by atoms with Crippen molar-refractivity contribution in [2.45, 2.75) is 6.54 Å². The van der Waals surface area contributed by atoms with Crippen molar-refractivity contribution < 1.29 is 9.53 Å². The lowest BCUT2D eigenvalue weighted by Gasteiger charge is -2.17. The fourth-order valence-corrected chi connectivity index (χ4v) is 2.06. The number of rotatable bonds is 5. The van der Waals surface area contributed by atoms with Gasteiger partial charge in [0.1, 0.15) is 5.75 Å². The Morgan fingerprint density at radius 2 is 1.81 bits per heavy atom. The Bertz CT molecular complexity index is 617. The third-order valence-electron chi connectivity index (χ3n) is 2.94. The topological polar surface area (TPSA) is 29.5 Å². The van der Waals surface area contributed by atoms with Crippen LogP contribution in [0.2, 0.25) is 10.0 Å². The molecule has 0 heterocycles. The minimum absolute atomic E-state index is 0.0404. The fourth-order valence-electron chi connectivity index (χ4n) is 1.77. The van der Waals surface area contributed by atoms with E-state index in [1.807, 2.05) is 30.3 Å². The van der Waals surface area contributed by atoms with Crippen LogP contribution >= 0.6 is 23.2 Å². The Balaban J connectivity index is 1.87. The molecular formula is C16H15Cl2NO2. The molecule has 0 spiro atoms. The predicted octanol–water partition coefficient (Wildman–Crippen LogP) is 4.03. The first-order valence-corrected chi connectivity index (χ1v) is 7.17. The molecule has 0 saturated carbocycles. The van der Waals surface area contributed by atoms with Crippen LogP contribution < -0.4 is 4.74 Å². The molecule has 110 valence electrons. The lowest BCUT2D eigenvalue weighted by atomic mass is 10.2. The summed E-state index contributed by atoms with van der Waals surface area (Å²) in [5, 5.41) is 0.857. The predicted molar refractivity (Wildman–Crippen MR) is 84.9 cm³/mol. The molecule has 0 aliphatic heterocycles. The molecule has 2 rings (SSSR count). The van der Waals surface area contributed by atoms with Crippen molar-refractivity contribution in [3.8, 4) is 5.75 Å². The van der Waals surface area contributed by atoms with E-state index in [1.165, 1.54) is 0 Å². The van der Waals surface area contributed by atoms with E-state index in [9.17, 15) is 4.79 Å². The van der Waals surface area contributed by atoms with Crippen LogP contribution in [0, 0.1) is 0 Å². The maximum absolute atomic E-state index is 12.0. The Morgan fingerprint density at radius 1 is 1.10 bits per heavy atom. The third-order valence-corrected chi connectivity index (χ3v) is 3.68. The van der Waals surface area contributed by atoms with Crippen LogP contribution in [0.15, 0.2) is 48.5 Å². The maximum Gasteiger partial charge on any atom is 0.260 e. The summed E-state index contributed by atoms with van der Waals surface area (Å²) in [6.45, 7) is 0.506. The minimum atomic E-state index is -0.107. The second-order valence-corrected chi connectivity index (χ2v) is 5.41. The number of amides is 1. The minimum Gasteiger partial charge on any atom is -0.484 e. The molecule has 0 bridgehead atoms. The smallest absolute Gasteiger partial charge is 0.260 e. The summed E-state index contributed by atoms with van der Waals surface area (Å²) in [7, 11) is 1.74.